The summed E-state index contributed by atoms with van der Waals surface area (Å²) in [6.45, 7) is 13.1. The molecule has 38 nitrogen and oxygen atoms in total. The number of amides is 8. The first kappa shape index (κ1) is 92.0. The average Bonchev–Trinajstić information content (AvgIpc) is 1.40. The van der Waals surface area contributed by atoms with Crippen LogP contribution in [0.4, 0.5) is 33.1 Å². The van der Waals surface area contributed by atoms with E-state index in [-0.39, 0.29) is 108 Å². The van der Waals surface area contributed by atoms with Gasteiger partial charge in [0.15, 0.2) is 17.5 Å². The Balaban J connectivity index is 0.453. The molecule has 11 rings (SSSR count). The Labute approximate surface area is 713 Å². The van der Waals surface area contributed by atoms with E-state index < -0.39 is 52.9 Å². The zero-order chi connectivity index (χ0) is 88.6. The maximum absolute atomic E-state index is 14.3. The third-order valence-electron chi connectivity index (χ3n) is 19.7. The van der Waals surface area contributed by atoms with E-state index in [9.17, 15) is 52.6 Å². The van der Waals surface area contributed by atoms with Crippen molar-refractivity contribution in [3.8, 4) is 28.4 Å². The van der Waals surface area contributed by atoms with Crippen molar-refractivity contribution in [1.29, 1.82) is 0 Å². The second-order valence-electron chi connectivity index (χ2n) is 29.9. The summed E-state index contributed by atoms with van der Waals surface area (Å²) in [6, 6.07) is 19.2. The molecule has 124 heavy (non-hydrogen) atoms. The number of aryl methyl sites for hydroxylation is 8. The molecule has 0 radical (unpaired) electrons. The molecule has 7 heterocycles. The highest BCUT2D eigenvalue weighted by atomic mass is 19.1. The monoisotopic (exact) mass is 1720 g/mol. The summed E-state index contributed by atoms with van der Waals surface area (Å²) in [6.07, 6.45) is 11.5. The molecule has 39 heteroatoms. The van der Waals surface area contributed by atoms with Gasteiger partial charge in [-0.05, 0) is 124 Å². The fourth-order valence-electron chi connectivity index (χ4n) is 13.2. The second kappa shape index (κ2) is 43.9. The van der Waals surface area contributed by atoms with E-state index in [1.165, 1.54) is 61.1 Å². The average molecular weight is 1720 g/mol. The van der Waals surface area contributed by atoms with Crippen LogP contribution < -0.4 is 57.6 Å². The number of nitrogens with one attached hydrogen (secondary N) is 9. The Morgan fingerprint density at radius 1 is 0.508 bits per heavy atom. The molecule has 7 aromatic heterocycles. The topological polar surface area (TPSA) is 446 Å². The number of aromatic nitrogens is 10. The lowest BCUT2D eigenvalue weighted by Gasteiger charge is -2.34. The Morgan fingerprint density at radius 2 is 1.02 bits per heavy atom. The van der Waals surface area contributed by atoms with E-state index in [1.54, 1.807) is 152 Å². The summed E-state index contributed by atoms with van der Waals surface area (Å²) < 4.78 is 80.2. The standard InChI is InChI=1S/C85H105FN18O20/c1-52-39-56(86)40-53(2)73(52)124-68-16-11-55(85(3,4)114)43-62(68)64-49-104(10)84(113)72-63(64)46-65(94-72)78(107)90-57-12-14-61(15-13-57)123-38-37-122-36-35-121-34-33-120-32-31-119-30-29-118-28-27-117-26-25-116-24-23-115-22-20-89-81(110)75-97-70(51-102(75)8)98-77(106)54-41-58(42-54)91-80(109)67-45-60(48-101(67)7)93-83(112)76-96-69(50-103(76)9)95-71(105)17-18-88-79(108)66-44-59(47-100(66)6)92-82(111)74-87-19-21-99(74)5/h11-16,19,21,39-40,43-51,54,58,94,114H,17-18,20,22-38,41-42H2,1-10H3,(H,88,108)(H,89,110)(H,90,107)(H,91,109)(H,92,111)(H,93,112)(H,95,105)(H,98,106). The van der Waals surface area contributed by atoms with E-state index in [4.69, 9.17) is 47.4 Å². The van der Waals surface area contributed by atoms with Crippen LogP contribution in [-0.4, -0.2) is 231 Å². The Bertz CT molecular complexity index is 5430. The number of nitrogens with zero attached hydrogens (tertiary/aromatic N) is 9. The number of rotatable bonds is 48. The fourth-order valence-corrected chi connectivity index (χ4v) is 13.2. The first-order chi connectivity index (χ1) is 59.5. The van der Waals surface area contributed by atoms with Crippen molar-refractivity contribution >= 4 is 86.9 Å². The van der Waals surface area contributed by atoms with Gasteiger partial charge in [-0.3, -0.25) is 43.2 Å². The first-order valence-electron chi connectivity index (χ1n) is 40.2. The van der Waals surface area contributed by atoms with Crippen molar-refractivity contribution in [2.45, 2.75) is 58.6 Å². The van der Waals surface area contributed by atoms with Gasteiger partial charge < -0.3 is 127 Å². The zero-order valence-electron chi connectivity index (χ0n) is 70.8. The molecule has 0 atom stereocenters. The van der Waals surface area contributed by atoms with Crippen molar-refractivity contribution in [3.05, 3.63) is 184 Å². The van der Waals surface area contributed by atoms with E-state index in [0.717, 1.165) is 0 Å². The summed E-state index contributed by atoms with van der Waals surface area (Å²) in [7, 11) is 9.79. The maximum Gasteiger partial charge on any atom is 0.291 e. The third kappa shape index (κ3) is 25.7. The van der Waals surface area contributed by atoms with Gasteiger partial charge in [-0.1, -0.05) is 6.07 Å². The van der Waals surface area contributed by atoms with Gasteiger partial charge in [-0.25, -0.2) is 19.3 Å². The van der Waals surface area contributed by atoms with Gasteiger partial charge in [0.2, 0.25) is 23.5 Å². The number of pyridine rings is 1. The molecule has 662 valence electrons. The van der Waals surface area contributed by atoms with Gasteiger partial charge in [0, 0.05) is 139 Å². The zero-order valence-corrected chi connectivity index (χ0v) is 70.8. The summed E-state index contributed by atoms with van der Waals surface area (Å²) in [5.41, 5.74) is 3.30. The molecule has 1 aliphatic rings. The van der Waals surface area contributed by atoms with E-state index in [1.807, 2.05) is 0 Å². The summed E-state index contributed by atoms with van der Waals surface area (Å²) in [5, 5.41) is 33.5. The molecule has 0 aliphatic heterocycles. The number of hydrogen-bond acceptors (Lipinski definition) is 23. The summed E-state index contributed by atoms with van der Waals surface area (Å²) >= 11 is 0. The summed E-state index contributed by atoms with van der Waals surface area (Å²) in [5.74, 6) is -2.51. The normalized spacial score (nSPS) is 13.2. The highest BCUT2D eigenvalue weighted by molar-refractivity contribution is 6.09. The minimum Gasteiger partial charge on any atom is -0.491 e. The molecule has 1 aliphatic carbocycles. The molecule has 10 N–H and O–H groups in total. The molecule has 0 bridgehead atoms. The van der Waals surface area contributed by atoms with Crippen molar-refractivity contribution in [2.75, 3.05) is 152 Å². The quantitative estimate of drug-likeness (QED) is 0.0175. The largest absolute Gasteiger partial charge is 0.491 e. The number of hydrogen-bond donors (Lipinski definition) is 10. The van der Waals surface area contributed by atoms with Crippen molar-refractivity contribution in [1.82, 2.24) is 63.3 Å². The Morgan fingerprint density at radius 3 is 1.56 bits per heavy atom. The second-order valence-corrected chi connectivity index (χ2v) is 29.9. The van der Waals surface area contributed by atoms with Crippen LogP contribution in [0.1, 0.15) is 113 Å². The van der Waals surface area contributed by atoms with Crippen LogP contribution in [0, 0.1) is 25.6 Å². The molecule has 10 aromatic rings. The van der Waals surface area contributed by atoms with Gasteiger partial charge in [0.05, 0.1) is 123 Å². The third-order valence-corrected chi connectivity index (χ3v) is 19.7. The highest BCUT2D eigenvalue weighted by Crippen LogP contribution is 2.41. The van der Waals surface area contributed by atoms with Gasteiger partial charge in [0.25, 0.3) is 41.0 Å². The number of aromatic amines is 1. The molecular formula is C85H105FN18O20. The van der Waals surface area contributed by atoms with Gasteiger partial charge >= 0.3 is 0 Å². The minimum absolute atomic E-state index is 0.0223. The van der Waals surface area contributed by atoms with Crippen molar-refractivity contribution < 1.29 is 95.2 Å². The van der Waals surface area contributed by atoms with E-state index in [2.05, 4.69) is 62.5 Å². The Kier molecular flexibility index (Phi) is 32.5. The van der Waals surface area contributed by atoms with E-state index >= 15 is 0 Å². The summed E-state index contributed by atoms with van der Waals surface area (Å²) in [4.78, 5) is 134. The van der Waals surface area contributed by atoms with Crippen molar-refractivity contribution in [3.63, 3.8) is 0 Å². The molecule has 1 saturated carbocycles. The smallest absolute Gasteiger partial charge is 0.291 e. The lowest BCUT2D eigenvalue weighted by Crippen LogP contribution is -2.48. The van der Waals surface area contributed by atoms with Gasteiger partial charge in [-0.2, -0.15) is 0 Å². The molecule has 0 spiro atoms. The number of benzene rings is 3. The predicted molar refractivity (Wildman–Crippen MR) is 453 cm³/mol. The van der Waals surface area contributed by atoms with Gasteiger partial charge in [-0.15, -0.1) is 0 Å². The van der Waals surface area contributed by atoms with Crippen LogP contribution >= 0.6 is 0 Å². The molecule has 8 amide bonds. The first-order valence-corrected chi connectivity index (χ1v) is 40.2. The van der Waals surface area contributed by atoms with Crippen LogP contribution in [0.5, 0.6) is 17.2 Å². The van der Waals surface area contributed by atoms with E-state index in [0.29, 0.717) is 179 Å². The van der Waals surface area contributed by atoms with Crippen molar-refractivity contribution in [2.24, 2.45) is 48.2 Å². The molecule has 0 saturated heterocycles. The van der Waals surface area contributed by atoms with Crippen LogP contribution in [0.3, 0.4) is 0 Å². The fraction of sp³-hybridized carbons (Fsp3) is 0.412. The number of H-pyrrole nitrogens is 1. The number of carbonyl (C=O) groups is 8. The molecule has 0 unspecified atom stereocenters. The van der Waals surface area contributed by atoms with Crippen LogP contribution in [-0.2, 0) is 95.4 Å². The van der Waals surface area contributed by atoms with Gasteiger partial charge in [0.1, 0.15) is 52.3 Å². The minimum atomic E-state index is -1.23. The number of imidazole rings is 3. The SMILES string of the molecule is Cc1cc(F)cc(C)c1Oc1ccc(C(C)(C)O)cc1-c1cn(C)c(=O)c2[nH]c(C(=O)Nc3ccc(OCCOCCOCCOCCOCCOCCOCCOCCOCCNC(=O)c4nc(NC(=O)C5CC(NC(=O)c6cc(NC(=O)c7nc(NC(=O)CCNC(=O)c8cc(NC(=O)c9nccn9C)cn8C)cn7C)cn6C)C5)cn4C)cc3)cc12. The number of aliphatic hydroxyl groups is 1. The van der Waals surface area contributed by atoms with Crippen LogP contribution in [0.25, 0.3) is 22.0 Å². The number of halogens is 1. The lowest BCUT2D eigenvalue weighted by molar-refractivity contribution is -0.123. The number of fused-ring (bicyclic) bond motifs is 1. The molecule has 3 aromatic carbocycles. The Hall–Kier alpha value is -12.7. The van der Waals surface area contributed by atoms with Crippen LogP contribution in [0.2, 0.25) is 0 Å². The number of ether oxygens (including phenoxy) is 10. The van der Waals surface area contributed by atoms with Crippen LogP contribution in [0.15, 0.2) is 121 Å². The lowest BCUT2D eigenvalue weighted by atomic mass is 9.79. The molecular weight excluding hydrogens is 1610 g/mol. The number of carbonyl (C=O) groups excluding carboxylic acids is 8. The number of anilines is 5. The molecule has 1 fully saturated rings. The maximum atomic E-state index is 14.3. The predicted octanol–water partition coefficient (Wildman–Crippen LogP) is 6.79. The highest BCUT2D eigenvalue weighted by Gasteiger charge is 2.37.